The Bertz CT molecular complexity index is 1320. The SMILES string of the molecule is NC(=O)CCC(NC(=O)C(Cc1ccccc1)NC(=O)C(N)Cc1c[nH]c2ccccc12)C(=O)NCC(=O)O. The summed E-state index contributed by atoms with van der Waals surface area (Å²) in [5, 5.41) is 17.2. The van der Waals surface area contributed by atoms with Gasteiger partial charge in [0.05, 0.1) is 6.04 Å². The Kier molecular flexibility index (Phi) is 10.2. The first kappa shape index (κ1) is 28.9. The molecule has 3 rings (SSSR count). The summed E-state index contributed by atoms with van der Waals surface area (Å²) < 4.78 is 0. The van der Waals surface area contributed by atoms with Crippen molar-refractivity contribution in [3.8, 4) is 0 Å². The average molecular weight is 537 g/mol. The van der Waals surface area contributed by atoms with E-state index < -0.39 is 54.3 Å². The summed E-state index contributed by atoms with van der Waals surface area (Å²) >= 11 is 0. The number of nitrogens with two attached hydrogens (primary N) is 2. The second kappa shape index (κ2) is 13.7. The zero-order chi connectivity index (χ0) is 28.4. The van der Waals surface area contributed by atoms with Crippen LogP contribution in [0.25, 0.3) is 10.9 Å². The number of fused-ring (bicyclic) bond motifs is 1. The molecule has 0 aliphatic heterocycles. The van der Waals surface area contributed by atoms with E-state index in [2.05, 4.69) is 20.9 Å². The Morgan fingerprint density at radius 1 is 0.846 bits per heavy atom. The number of carbonyl (C=O) groups excluding carboxylic acids is 4. The van der Waals surface area contributed by atoms with E-state index in [1.807, 2.05) is 24.3 Å². The molecular formula is C27H32N6O6. The Labute approximate surface area is 224 Å². The molecule has 0 saturated carbocycles. The smallest absolute Gasteiger partial charge is 0.322 e. The minimum Gasteiger partial charge on any atom is -0.480 e. The average Bonchev–Trinajstić information content (AvgIpc) is 3.32. The van der Waals surface area contributed by atoms with E-state index in [9.17, 15) is 24.0 Å². The number of carbonyl (C=O) groups is 5. The van der Waals surface area contributed by atoms with Gasteiger partial charge >= 0.3 is 5.97 Å². The van der Waals surface area contributed by atoms with E-state index in [1.54, 1.807) is 36.5 Å². The molecule has 2 aromatic carbocycles. The van der Waals surface area contributed by atoms with Crippen LogP contribution in [0.2, 0.25) is 0 Å². The van der Waals surface area contributed by atoms with Crippen molar-refractivity contribution in [2.45, 2.75) is 43.8 Å². The highest BCUT2D eigenvalue weighted by atomic mass is 16.4. The molecule has 9 N–H and O–H groups in total. The third-order valence-electron chi connectivity index (χ3n) is 6.09. The summed E-state index contributed by atoms with van der Waals surface area (Å²) in [6.45, 7) is -0.672. The normalized spacial score (nSPS) is 13.2. The molecule has 206 valence electrons. The molecule has 12 nitrogen and oxygen atoms in total. The highest BCUT2D eigenvalue weighted by Crippen LogP contribution is 2.19. The van der Waals surface area contributed by atoms with Crippen molar-refractivity contribution in [2.75, 3.05) is 6.54 Å². The number of H-pyrrole nitrogens is 1. The maximum Gasteiger partial charge on any atom is 0.322 e. The van der Waals surface area contributed by atoms with Gasteiger partial charge in [0.2, 0.25) is 23.6 Å². The van der Waals surface area contributed by atoms with Gasteiger partial charge in [-0.15, -0.1) is 0 Å². The topological polar surface area (TPSA) is 209 Å². The van der Waals surface area contributed by atoms with E-state index in [0.717, 1.165) is 22.0 Å². The maximum absolute atomic E-state index is 13.3. The fraction of sp³-hybridized carbons (Fsp3) is 0.296. The van der Waals surface area contributed by atoms with Crippen LogP contribution >= 0.6 is 0 Å². The van der Waals surface area contributed by atoms with Gasteiger partial charge in [-0.2, -0.15) is 0 Å². The third-order valence-corrected chi connectivity index (χ3v) is 6.09. The number of primary amides is 1. The Hall–Kier alpha value is -4.71. The fourth-order valence-electron chi connectivity index (χ4n) is 4.08. The highest BCUT2D eigenvalue weighted by molar-refractivity contribution is 5.94. The molecule has 0 aliphatic carbocycles. The number of aromatic amines is 1. The van der Waals surface area contributed by atoms with Crippen LogP contribution in [0.1, 0.15) is 24.0 Å². The molecule has 0 radical (unpaired) electrons. The van der Waals surface area contributed by atoms with Gasteiger partial charge in [-0.3, -0.25) is 24.0 Å². The van der Waals surface area contributed by atoms with Gasteiger partial charge in [-0.25, -0.2) is 0 Å². The van der Waals surface area contributed by atoms with Crippen LogP contribution in [0.4, 0.5) is 0 Å². The number of hydrogen-bond acceptors (Lipinski definition) is 6. The van der Waals surface area contributed by atoms with Gasteiger partial charge in [0, 0.05) is 29.9 Å². The second-order valence-electron chi connectivity index (χ2n) is 9.10. The van der Waals surface area contributed by atoms with E-state index in [0.29, 0.717) is 0 Å². The molecule has 0 fully saturated rings. The van der Waals surface area contributed by atoms with Crippen LogP contribution in [-0.4, -0.2) is 64.4 Å². The maximum atomic E-state index is 13.3. The van der Waals surface area contributed by atoms with Crippen LogP contribution < -0.4 is 27.4 Å². The molecule has 3 atom stereocenters. The molecular weight excluding hydrogens is 504 g/mol. The van der Waals surface area contributed by atoms with Crippen molar-refractivity contribution in [1.29, 1.82) is 0 Å². The zero-order valence-corrected chi connectivity index (χ0v) is 21.2. The number of nitrogens with one attached hydrogen (secondary N) is 4. The first-order valence-electron chi connectivity index (χ1n) is 12.4. The monoisotopic (exact) mass is 536 g/mol. The molecule has 4 amide bonds. The molecule has 1 heterocycles. The second-order valence-corrected chi connectivity index (χ2v) is 9.10. The van der Waals surface area contributed by atoms with Crippen LogP contribution in [-0.2, 0) is 36.8 Å². The number of hydrogen-bond donors (Lipinski definition) is 7. The fourth-order valence-corrected chi connectivity index (χ4v) is 4.08. The van der Waals surface area contributed by atoms with Crippen LogP contribution in [0.5, 0.6) is 0 Å². The quantitative estimate of drug-likeness (QED) is 0.146. The minimum atomic E-state index is -1.28. The third kappa shape index (κ3) is 8.68. The first-order valence-corrected chi connectivity index (χ1v) is 12.4. The van der Waals surface area contributed by atoms with Gasteiger partial charge in [0.1, 0.15) is 18.6 Å². The zero-order valence-electron chi connectivity index (χ0n) is 21.2. The largest absolute Gasteiger partial charge is 0.480 e. The lowest BCUT2D eigenvalue weighted by Gasteiger charge is -2.24. The summed E-state index contributed by atoms with van der Waals surface area (Å²) in [6.07, 6.45) is 1.71. The number of aromatic nitrogens is 1. The van der Waals surface area contributed by atoms with Crippen molar-refractivity contribution >= 4 is 40.5 Å². The summed E-state index contributed by atoms with van der Waals surface area (Å²) in [6, 6.07) is 13.2. The van der Waals surface area contributed by atoms with Crippen LogP contribution in [0, 0.1) is 0 Å². The summed E-state index contributed by atoms with van der Waals surface area (Å²) in [7, 11) is 0. The summed E-state index contributed by atoms with van der Waals surface area (Å²) in [5.41, 5.74) is 13.9. The molecule has 0 spiro atoms. The molecule has 12 heteroatoms. The van der Waals surface area contributed by atoms with E-state index in [-0.39, 0.29) is 25.7 Å². The minimum absolute atomic E-state index is 0.0947. The molecule has 0 bridgehead atoms. The number of benzene rings is 2. The lowest BCUT2D eigenvalue weighted by molar-refractivity contribution is -0.138. The van der Waals surface area contributed by atoms with Crippen molar-refractivity contribution in [2.24, 2.45) is 11.5 Å². The molecule has 0 aliphatic rings. The lowest BCUT2D eigenvalue weighted by atomic mass is 10.0. The van der Waals surface area contributed by atoms with E-state index >= 15 is 0 Å². The van der Waals surface area contributed by atoms with Crippen molar-refractivity contribution in [3.63, 3.8) is 0 Å². The van der Waals surface area contributed by atoms with Crippen molar-refractivity contribution < 1.29 is 29.1 Å². The number of carboxylic acid groups (broad SMARTS) is 1. The van der Waals surface area contributed by atoms with Gasteiger partial charge in [-0.1, -0.05) is 48.5 Å². The first-order chi connectivity index (χ1) is 18.6. The molecule has 39 heavy (non-hydrogen) atoms. The van der Waals surface area contributed by atoms with Crippen LogP contribution in [0.3, 0.4) is 0 Å². The summed E-state index contributed by atoms with van der Waals surface area (Å²) in [4.78, 5) is 64.2. The predicted octanol–water partition coefficient (Wildman–Crippen LogP) is -0.284. The molecule has 1 aromatic heterocycles. The standard InChI is InChI=1S/C27H32N6O6/c28-19(13-17-14-30-20-9-5-4-8-18(17)20)25(37)33-22(12-16-6-2-1-3-7-16)27(39)32-21(10-11-23(29)34)26(38)31-15-24(35)36/h1-9,14,19,21-22,30H,10-13,15,28H2,(H2,29,34)(H,31,38)(H,32,39)(H,33,37)(H,35,36). The Morgan fingerprint density at radius 3 is 2.21 bits per heavy atom. The Balaban J connectivity index is 1.75. The van der Waals surface area contributed by atoms with Gasteiger partial charge in [-0.05, 0) is 30.0 Å². The molecule has 0 saturated heterocycles. The van der Waals surface area contributed by atoms with Crippen molar-refractivity contribution in [3.05, 3.63) is 71.9 Å². The van der Waals surface area contributed by atoms with Gasteiger partial charge in [0.25, 0.3) is 0 Å². The van der Waals surface area contributed by atoms with Crippen LogP contribution in [0.15, 0.2) is 60.8 Å². The van der Waals surface area contributed by atoms with Gasteiger partial charge in [0.15, 0.2) is 0 Å². The number of rotatable bonds is 14. The highest BCUT2D eigenvalue weighted by Gasteiger charge is 2.29. The number of carboxylic acids is 1. The molecule has 3 aromatic rings. The van der Waals surface area contributed by atoms with Crippen molar-refractivity contribution in [1.82, 2.24) is 20.9 Å². The predicted molar refractivity (Wildman–Crippen MR) is 143 cm³/mol. The number of amides is 4. The number of aliphatic carboxylic acids is 1. The summed E-state index contributed by atoms with van der Waals surface area (Å²) in [5.74, 6) is -4.04. The van der Waals surface area contributed by atoms with Gasteiger partial charge < -0.3 is 37.5 Å². The number of para-hydroxylation sites is 1. The molecule has 3 unspecified atom stereocenters. The van der Waals surface area contributed by atoms with E-state index in [4.69, 9.17) is 16.6 Å². The lowest BCUT2D eigenvalue weighted by Crippen LogP contribution is -2.57. The Morgan fingerprint density at radius 2 is 1.51 bits per heavy atom. The van der Waals surface area contributed by atoms with E-state index in [1.165, 1.54) is 0 Å².